The molecule has 6 heteroatoms. The van der Waals surface area contributed by atoms with E-state index >= 15 is 0 Å². The van der Waals surface area contributed by atoms with Crippen LogP contribution in [-0.4, -0.2) is 22.6 Å². The molecule has 0 radical (unpaired) electrons. The predicted octanol–water partition coefficient (Wildman–Crippen LogP) is 5.49. The molecule has 0 saturated carbocycles. The molecule has 3 aromatic carbocycles. The summed E-state index contributed by atoms with van der Waals surface area (Å²) in [4.78, 5) is 25.0. The molecule has 0 unspecified atom stereocenters. The molecule has 0 fully saturated rings. The van der Waals surface area contributed by atoms with Crippen molar-refractivity contribution in [3.05, 3.63) is 95.1 Å². The number of anilines is 1. The lowest BCUT2D eigenvalue weighted by molar-refractivity contribution is 0.0954. The van der Waals surface area contributed by atoms with Gasteiger partial charge in [0, 0.05) is 16.8 Å². The lowest BCUT2D eigenvalue weighted by Crippen LogP contribution is -2.20. The van der Waals surface area contributed by atoms with Gasteiger partial charge in [-0.2, -0.15) is 5.10 Å². The van der Waals surface area contributed by atoms with Crippen LogP contribution in [0.15, 0.2) is 77.9 Å². The summed E-state index contributed by atoms with van der Waals surface area (Å²) in [5, 5.41) is 16.5. The Kier molecular flexibility index (Phi) is 7.28. The largest absolute Gasteiger partial charge is 0.508 e. The monoisotopic (exact) mass is 443 g/mol. The van der Waals surface area contributed by atoms with E-state index in [0.29, 0.717) is 28.9 Å². The lowest BCUT2D eigenvalue weighted by Gasteiger charge is -2.19. The van der Waals surface area contributed by atoms with E-state index in [0.717, 1.165) is 11.1 Å². The summed E-state index contributed by atoms with van der Waals surface area (Å²) in [6.45, 7) is 8.32. The van der Waals surface area contributed by atoms with E-state index in [2.05, 4.69) is 36.6 Å². The molecular formula is C27H29N3O3. The molecule has 0 saturated heterocycles. The number of hydrogen-bond acceptors (Lipinski definition) is 4. The van der Waals surface area contributed by atoms with Crippen LogP contribution in [0.5, 0.6) is 5.75 Å². The number of nitrogens with zero attached hydrogens (tertiary/aromatic N) is 1. The maximum Gasteiger partial charge on any atom is 0.271 e. The fourth-order valence-electron chi connectivity index (χ4n) is 3.21. The van der Waals surface area contributed by atoms with Crippen molar-refractivity contribution < 1.29 is 14.7 Å². The Labute approximate surface area is 194 Å². The Morgan fingerprint density at radius 1 is 0.788 bits per heavy atom. The van der Waals surface area contributed by atoms with E-state index < -0.39 is 0 Å². The molecule has 2 amide bonds. The topological polar surface area (TPSA) is 90.8 Å². The van der Waals surface area contributed by atoms with Crippen LogP contribution in [0.3, 0.4) is 0 Å². The Morgan fingerprint density at radius 2 is 1.30 bits per heavy atom. The third kappa shape index (κ3) is 6.29. The average molecular weight is 444 g/mol. The van der Waals surface area contributed by atoms with Crippen molar-refractivity contribution in [2.45, 2.75) is 39.5 Å². The molecule has 0 heterocycles. The van der Waals surface area contributed by atoms with Gasteiger partial charge in [-0.15, -0.1) is 0 Å². The highest BCUT2D eigenvalue weighted by molar-refractivity contribution is 6.05. The van der Waals surface area contributed by atoms with Crippen LogP contribution in [0.25, 0.3) is 0 Å². The number of hydrazone groups is 1. The van der Waals surface area contributed by atoms with Crippen LogP contribution >= 0.6 is 0 Å². The number of aromatic hydroxyl groups is 1. The smallest absolute Gasteiger partial charge is 0.271 e. The van der Waals surface area contributed by atoms with Crippen LogP contribution in [-0.2, 0) is 5.41 Å². The van der Waals surface area contributed by atoms with Crippen molar-refractivity contribution in [1.82, 2.24) is 5.43 Å². The van der Waals surface area contributed by atoms with E-state index in [1.54, 1.807) is 48.5 Å². The van der Waals surface area contributed by atoms with Crippen LogP contribution in [0.4, 0.5) is 5.69 Å². The van der Waals surface area contributed by atoms with Crippen LogP contribution in [0.2, 0.25) is 0 Å². The molecule has 0 spiro atoms. The number of nitrogens with one attached hydrogen (secondary N) is 2. The van der Waals surface area contributed by atoms with Gasteiger partial charge in [0.05, 0.1) is 5.71 Å². The number of phenolic OH excluding ortho intramolecular Hbond substituents is 1. The second kappa shape index (κ2) is 10.1. The number of amides is 2. The van der Waals surface area contributed by atoms with Crippen LogP contribution < -0.4 is 10.7 Å². The van der Waals surface area contributed by atoms with E-state index in [9.17, 15) is 14.7 Å². The molecule has 0 aliphatic rings. The molecule has 0 aliphatic heterocycles. The number of benzene rings is 3. The number of carbonyl (C=O) groups excluding carboxylic acids is 2. The number of rotatable bonds is 6. The minimum absolute atomic E-state index is 0.0252. The summed E-state index contributed by atoms with van der Waals surface area (Å²) in [7, 11) is 0. The van der Waals surface area contributed by atoms with Gasteiger partial charge < -0.3 is 10.4 Å². The van der Waals surface area contributed by atoms with E-state index in [1.165, 1.54) is 0 Å². The highest BCUT2D eigenvalue weighted by Gasteiger charge is 2.14. The molecule has 3 aromatic rings. The van der Waals surface area contributed by atoms with Gasteiger partial charge in [-0.3, -0.25) is 9.59 Å². The first-order valence-electron chi connectivity index (χ1n) is 10.9. The van der Waals surface area contributed by atoms with Gasteiger partial charge in [0.25, 0.3) is 11.8 Å². The molecule has 0 aliphatic carbocycles. The first-order chi connectivity index (χ1) is 15.7. The number of hydrogen-bond donors (Lipinski definition) is 3. The Balaban J connectivity index is 1.62. The van der Waals surface area contributed by atoms with Gasteiger partial charge in [0.2, 0.25) is 0 Å². The van der Waals surface area contributed by atoms with Crippen LogP contribution in [0, 0.1) is 0 Å². The summed E-state index contributed by atoms with van der Waals surface area (Å²) < 4.78 is 0. The minimum Gasteiger partial charge on any atom is -0.508 e. The summed E-state index contributed by atoms with van der Waals surface area (Å²) in [6.07, 6.45) is 0.618. The summed E-state index contributed by atoms with van der Waals surface area (Å²) in [6, 6.07) is 20.8. The highest BCUT2D eigenvalue weighted by Crippen LogP contribution is 2.22. The molecule has 170 valence electrons. The fourth-order valence-corrected chi connectivity index (χ4v) is 3.21. The Bertz CT molecular complexity index is 1140. The van der Waals surface area contributed by atoms with Crippen molar-refractivity contribution in [2.75, 3.05) is 5.32 Å². The van der Waals surface area contributed by atoms with Crippen molar-refractivity contribution >= 4 is 23.2 Å². The Hall–Kier alpha value is -3.93. The molecule has 0 atom stereocenters. The van der Waals surface area contributed by atoms with E-state index in [4.69, 9.17) is 0 Å². The van der Waals surface area contributed by atoms with E-state index in [-0.39, 0.29) is 23.0 Å². The Morgan fingerprint density at radius 3 is 1.85 bits per heavy atom. The zero-order valence-corrected chi connectivity index (χ0v) is 19.3. The number of carbonyl (C=O) groups is 2. The lowest BCUT2D eigenvalue weighted by atomic mass is 9.87. The zero-order valence-electron chi connectivity index (χ0n) is 19.3. The summed E-state index contributed by atoms with van der Waals surface area (Å²) >= 11 is 0. The fraction of sp³-hybridized carbons (Fsp3) is 0.222. The molecule has 33 heavy (non-hydrogen) atoms. The average Bonchev–Trinajstić information content (AvgIpc) is 2.80. The first kappa shape index (κ1) is 23.7. The van der Waals surface area contributed by atoms with Gasteiger partial charge in [0.15, 0.2) is 0 Å². The predicted molar refractivity (Wildman–Crippen MR) is 132 cm³/mol. The molecule has 0 bridgehead atoms. The maximum absolute atomic E-state index is 12.5. The maximum atomic E-state index is 12.5. The van der Waals surface area contributed by atoms with Crippen molar-refractivity contribution in [3.8, 4) is 5.75 Å². The third-order valence-corrected chi connectivity index (χ3v) is 5.25. The van der Waals surface area contributed by atoms with E-state index in [1.807, 2.05) is 31.2 Å². The quantitative estimate of drug-likeness (QED) is 0.348. The molecule has 0 aromatic heterocycles. The normalized spacial score (nSPS) is 11.7. The first-order valence-corrected chi connectivity index (χ1v) is 10.9. The van der Waals surface area contributed by atoms with Crippen molar-refractivity contribution in [3.63, 3.8) is 0 Å². The van der Waals surface area contributed by atoms with Gasteiger partial charge in [-0.25, -0.2) is 5.43 Å². The van der Waals surface area contributed by atoms with Gasteiger partial charge in [0.1, 0.15) is 5.75 Å². The second-order valence-corrected chi connectivity index (χ2v) is 8.76. The van der Waals surface area contributed by atoms with Gasteiger partial charge in [-0.1, -0.05) is 39.8 Å². The third-order valence-electron chi connectivity index (χ3n) is 5.25. The number of phenols is 1. The van der Waals surface area contributed by atoms with Crippen LogP contribution in [0.1, 0.15) is 66.0 Å². The molecular weight excluding hydrogens is 414 g/mol. The highest BCUT2D eigenvalue weighted by atomic mass is 16.3. The molecule has 3 rings (SSSR count). The SMILES string of the molecule is CC/C(=N/NC(=O)c1ccc(NC(=O)c2ccc(C(C)(C)C)cc2)cc1)c1ccc(O)cc1. The van der Waals surface area contributed by atoms with Gasteiger partial charge >= 0.3 is 0 Å². The van der Waals surface area contributed by atoms with Gasteiger partial charge in [-0.05, 0) is 83.6 Å². The summed E-state index contributed by atoms with van der Waals surface area (Å²) in [5.74, 6) is -0.388. The summed E-state index contributed by atoms with van der Waals surface area (Å²) in [5.41, 5.74) is 6.86. The zero-order chi connectivity index (χ0) is 24.0. The second-order valence-electron chi connectivity index (χ2n) is 8.76. The molecule has 3 N–H and O–H groups in total. The van der Waals surface area contributed by atoms with Crippen molar-refractivity contribution in [1.29, 1.82) is 0 Å². The standard InChI is InChI=1S/C27H29N3O3/c1-5-24(18-10-16-23(31)17-11-18)29-30-26(33)20-8-14-22(15-9-20)28-25(32)19-6-12-21(13-7-19)27(2,3)4/h6-17,31H,5H2,1-4H3,(H,28,32)(H,30,33)/b29-24-. The molecule has 6 nitrogen and oxygen atoms in total. The van der Waals surface area contributed by atoms with Crippen molar-refractivity contribution in [2.24, 2.45) is 5.10 Å². The minimum atomic E-state index is -0.352.